The van der Waals surface area contributed by atoms with E-state index in [0.717, 1.165) is 12.8 Å². The Labute approximate surface area is 130 Å². The Bertz CT molecular complexity index is 660. The van der Waals surface area contributed by atoms with Crippen LogP contribution in [-0.4, -0.2) is 31.8 Å². The molecule has 0 radical (unpaired) electrons. The highest BCUT2D eigenvalue weighted by molar-refractivity contribution is 7.89. The lowest BCUT2D eigenvalue weighted by Gasteiger charge is -2.36. The van der Waals surface area contributed by atoms with Crippen LogP contribution < -0.4 is 5.14 Å². The van der Waals surface area contributed by atoms with Gasteiger partial charge in [0.25, 0.3) is 5.91 Å². The summed E-state index contributed by atoms with van der Waals surface area (Å²) >= 11 is 5.91. The summed E-state index contributed by atoms with van der Waals surface area (Å²) in [6.07, 6.45) is 1.88. The van der Waals surface area contributed by atoms with Crippen LogP contribution in [0.25, 0.3) is 0 Å². The van der Waals surface area contributed by atoms with Crippen LogP contribution in [-0.2, 0) is 10.0 Å². The molecule has 1 fully saturated rings. The number of halogens is 1. The van der Waals surface area contributed by atoms with E-state index in [-0.39, 0.29) is 27.4 Å². The molecule has 1 aromatic carbocycles. The first kappa shape index (κ1) is 16.3. The predicted molar refractivity (Wildman–Crippen MR) is 81.7 cm³/mol. The van der Waals surface area contributed by atoms with Crippen molar-refractivity contribution < 1.29 is 13.2 Å². The maximum Gasteiger partial charge on any atom is 0.254 e. The topological polar surface area (TPSA) is 80.5 Å². The summed E-state index contributed by atoms with van der Waals surface area (Å²) in [5, 5.41) is 5.29. The molecule has 2 N–H and O–H groups in total. The number of carbonyl (C=O) groups is 1. The van der Waals surface area contributed by atoms with Crippen LogP contribution in [0.15, 0.2) is 23.1 Å². The minimum atomic E-state index is -3.89. The van der Waals surface area contributed by atoms with Gasteiger partial charge in [0.15, 0.2) is 0 Å². The van der Waals surface area contributed by atoms with Gasteiger partial charge in [-0.2, -0.15) is 0 Å². The van der Waals surface area contributed by atoms with E-state index in [1.807, 2.05) is 6.92 Å². The molecule has 0 aromatic heterocycles. The van der Waals surface area contributed by atoms with Gasteiger partial charge in [0.2, 0.25) is 10.0 Å². The molecule has 1 aliphatic rings. The van der Waals surface area contributed by atoms with E-state index in [4.69, 9.17) is 16.7 Å². The molecule has 0 spiro atoms. The van der Waals surface area contributed by atoms with Gasteiger partial charge in [0.05, 0.1) is 4.90 Å². The molecule has 0 aliphatic carbocycles. The van der Waals surface area contributed by atoms with Gasteiger partial charge in [0.1, 0.15) is 0 Å². The van der Waals surface area contributed by atoms with Crippen LogP contribution >= 0.6 is 11.6 Å². The Hall–Kier alpha value is -1.11. The van der Waals surface area contributed by atoms with Crippen molar-refractivity contribution in [2.75, 3.05) is 6.54 Å². The quantitative estimate of drug-likeness (QED) is 0.903. The Morgan fingerprint density at radius 1 is 1.33 bits per heavy atom. The lowest BCUT2D eigenvalue weighted by molar-refractivity contribution is 0.0588. The first-order chi connectivity index (χ1) is 9.68. The second kappa shape index (κ2) is 5.94. The number of primary sulfonamides is 1. The van der Waals surface area contributed by atoms with Crippen LogP contribution in [0.3, 0.4) is 0 Å². The lowest BCUT2D eigenvalue weighted by atomic mass is 9.93. The largest absolute Gasteiger partial charge is 0.336 e. The zero-order valence-electron chi connectivity index (χ0n) is 12.0. The molecule has 1 saturated heterocycles. The van der Waals surface area contributed by atoms with E-state index in [9.17, 15) is 13.2 Å². The molecule has 1 heterocycles. The van der Waals surface area contributed by atoms with Crippen molar-refractivity contribution in [3.05, 3.63) is 28.8 Å². The van der Waals surface area contributed by atoms with Gasteiger partial charge < -0.3 is 4.90 Å². The Kier molecular flexibility index (Phi) is 4.60. The summed E-state index contributed by atoms with van der Waals surface area (Å²) in [7, 11) is -3.89. The monoisotopic (exact) mass is 330 g/mol. The molecule has 2 unspecified atom stereocenters. The Balaban J connectivity index is 2.33. The normalized spacial score (nSPS) is 23.1. The molecule has 0 bridgehead atoms. The third kappa shape index (κ3) is 3.75. The van der Waals surface area contributed by atoms with E-state index < -0.39 is 10.0 Å². The fourth-order valence-corrected chi connectivity index (χ4v) is 3.61. The van der Waals surface area contributed by atoms with E-state index in [0.29, 0.717) is 12.5 Å². The average molecular weight is 331 g/mol. The molecule has 0 saturated carbocycles. The number of hydrogen-bond donors (Lipinski definition) is 1. The number of nitrogens with zero attached hydrogens (tertiary/aromatic N) is 1. The fourth-order valence-electron chi connectivity index (χ4n) is 2.73. The zero-order valence-corrected chi connectivity index (χ0v) is 13.6. The van der Waals surface area contributed by atoms with E-state index in [2.05, 4.69) is 6.92 Å². The first-order valence-electron chi connectivity index (χ1n) is 6.83. The number of benzene rings is 1. The van der Waals surface area contributed by atoms with Crippen molar-refractivity contribution in [3.8, 4) is 0 Å². The van der Waals surface area contributed by atoms with Crippen LogP contribution in [0.5, 0.6) is 0 Å². The number of nitrogens with two attached hydrogens (primary N) is 1. The van der Waals surface area contributed by atoms with Crippen molar-refractivity contribution in [3.63, 3.8) is 0 Å². The van der Waals surface area contributed by atoms with Gasteiger partial charge in [-0.3, -0.25) is 4.79 Å². The van der Waals surface area contributed by atoms with Crippen LogP contribution in [0, 0.1) is 5.92 Å². The Morgan fingerprint density at radius 2 is 2.00 bits per heavy atom. The van der Waals surface area contributed by atoms with Crippen LogP contribution in [0.2, 0.25) is 5.02 Å². The fraction of sp³-hybridized carbons (Fsp3) is 0.500. The summed E-state index contributed by atoms with van der Waals surface area (Å²) in [6, 6.07) is 4.13. The molecule has 5 nitrogen and oxygen atoms in total. The molecular weight excluding hydrogens is 312 g/mol. The maximum atomic E-state index is 12.6. The Morgan fingerprint density at radius 3 is 2.57 bits per heavy atom. The molecule has 1 amide bonds. The van der Waals surface area contributed by atoms with E-state index >= 15 is 0 Å². The van der Waals surface area contributed by atoms with Crippen molar-refractivity contribution in [1.82, 2.24) is 4.90 Å². The van der Waals surface area contributed by atoms with Crippen molar-refractivity contribution in [2.24, 2.45) is 11.1 Å². The lowest BCUT2D eigenvalue weighted by Crippen LogP contribution is -2.44. The average Bonchev–Trinajstić information content (AvgIpc) is 2.36. The predicted octanol–water partition coefficient (Wildman–Crippen LogP) is 2.25. The molecular formula is C14H19ClN2O3S. The highest BCUT2D eigenvalue weighted by atomic mass is 35.5. The summed E-state index contributed by atoms with van der Waals surface area (Å²) < 4.78 is 22.9. The zero-order chi connectivity index (χ0) is 15.8. The SMILES string of the molecule is CC1CCN(C(=O)c2cc(Cl)cc(S(N)(=O)=O)c2)C(C)C1. The molecule has 7 heteroatoms. The second-order valence-corrected chi connectivity index (χ2v) is 7.70. The van der Waals surface area contributed by atoms with Gasteiger partial charge in [-0.1, -0.05) is 18.5 Å². The van der Waals surface area contributed by atoms with Crippen molar-refractivity contribution in [2.45, 2.75) is 37.6 Å². The summed E-state index contributed by atoms with van der Waals surface area (Å²) in [5.74, 6) is 0.380. The van der Waals surface area contributed by atoms with Crippen LogP contribution in [0.1, 0.15) is 37.0 Å². The molecule has 2 rings (SSSR count). The van der Waals surface area contributed by atoms with Crippen molar-refractivity contribution >= 4 is 27.5 Å². The van der Waals surface area contributed by atoms with Gasteiger partial charge in [0, 0.05) is 23.2 Å². The van der Waals surface area contributed by atoms with Crippen molar-refractivity contribution in [1.29, 1.82) is 0 Å². The number of piperidine rings is 1. The maximum absolute atomic E-state index is 12.6. The summed E-state index contributed by atoms with van der Waals surface area (Å²) in [4.78, 5) is 14.2. The van der Waals surface area contributed by atoms with Gasteiger partial charge in [-0.25, -0.2) is 13.6 Å². The van der Waals surface area contributed by atoms with Gasteiger partial charge in [-0.15, -0.1) is 0 Å². The number of sulfonamides is 1. The first-order valence-corrected chi connectivity index (χ1v) is 8.75. The number of likely N-dealkylation sites (tertiary alicyclic amines) is 1. The highest BCUT2D eigenvalue weighted by Gasteiger charge is 2.28. The second-order valence-electron chi connectivity index (χ2n) is 5.70. The smallest absolute Gasteiger partial charge is 0.254 e. The molecule has 21 heavy (non-hydrogen) atoms. The summed E-state index contributed by atoms with van der Waals surface area (Å²) in [6.45, 7) is 4.83. The number of amides is 1. The summed E-state index contributed by atoms with van der Waals surface area (Å²) in [5.41, 5.74) is 0.257. The third-order valence-corrected chi connectivity index (χ3v) is 4.96. The molecule has 116 valence electrons. The molecule has 1 aliphatic heterocycles. The minimum absolute atomic E-state index is 0.123. The van der Waals surface area contributed by atoms with E-state index in [1.165, 1.54) is 18.2 Å². The number of hydrogen-bond acceptors (Lipinski definition) is 3. The van der Waals surface area contributed by atoms with Gasteiger partial charge in [-0.05, 0) is 43.9 Å². The molecule has 1 aromatic rings. The third-order valence-electron chi connectivity index (χ3n) is 3.85. The number of carbonyl (C=O) groups excluding carboxylic acids is 1. The number of rotatable bonds is 2. The van der Waals surface area contributed by atoms with Crippen LogP contribution in [0.4, 0.5) is 0 Å². The minimum Gasteiger partial charge on any atom is -0.336 e. The highest BCUT2D eigenvalue weighted by Crippen LogP contribution is 2.25. The van der Waals surface area contributed by atoms with Gasteiger partial charge >= 0.3 is 0 Å². The molecule has 2 atom stereocenters. The van der Waals surface area contributed by atoms with E-state index in [1.54, 1.807) is 4.90 Å². The standard InChI is InChI=1S/C14H19ClN2O3S/c1-9-3-4-17(10(2)5-9)14(18)11-6-12(15)8-13(7-11)21(16,19)20/h6-10H,3-5H2,1-2H3,(H2,16,19,20).